The Labute approximate surface area is 124 Å². The average molecular weight is 291 g/mol. The van der Waals surface area contributed by atoms with Crippen LogP contribution in [0.3, 0.4) is 0 Å². The Bertz CT molecular complexity index is 503. The Kier molecular flexibility index (Phi) is 5.18. The highest BCUT2D eigenvalue weighted by molar-refractivity contribution is 5.31. The van der Waals surface area contributed by atoms with E-state index < -0.39 is 11.9 Å². The fourth-order valence-electron chi connectivity index (χ4n) is 2.64. The third-order valence-electron chi connectivity index (χ3n) is 3.93. The Morgan fingerprint density at radius 1 is 1.29 bits per heavy atom. The maximum Gasteiger partial charge on any atom is 0.285 e. The van der Waals surface area contributed by atoms with Crippen LogP contribution >= 0.6 is 0 Å². The molecule has 0 amide bonds. The largest absolute Gasteiger partial charge is 0.493 e. The summed E-state index contributed by atoms with van der Waals surface area (Å²) in [4.78, 5) is 0. The highest BCUT2D eigenvalue weighted by atomic mass is 16.5. The summed E-state index contributed by atoms with van der Waals surface area (Å²) in [6, 6.07) is 7.73. The van der Waals surface area contributed by atoms with Crippen molar-refractivity contribution in [1.29, 1.82) is 5.26 Å². The van der Waals surface area contributed by atoms with E-state index in [1.54, 1.807) is 12.1 Å². The summed E-state index contributed by atoms with van der Waals surface area (Å²) in [6.45, 7) is 0.626. The summed E-state index contributed by atoms with van der Waals surface area (Å²) in [5.41, 5.74) is 0.239. The van der Waals surface area contributed by atoms with E-state index >= 15 is 0 Å². The predicted molar refractivity (Wildman–Crippen MR) is 76.3 cm³/mol. The molecule has 1 unspecified atom stereocenters. The second-order valence-electron chi connectivity index (χ2n) is 5.63. The lowest BCUT2D eigenvalue weighted by atomic mass is 9.90. The van der Waals surface area contributed by atoms with E-state index in [-0.39, 0.29) is 5.56 Å². The van der Waals surface area contributed by atoms with Crippen LogP contribution in [0.4, 0.5) is 0 Å². The van der Waals surface area contributed by atoms with Crippen LogP contribution in [0.1, 0.15) is 43.8 Å². The minimum absolute atomic E-state index is 0.239. The highest BCUT2D eigenvalue weighted by Crippen LogP contribution is 2.28. The van der Waals surface area contributed by atoms with Crippen molar-refractivity contribution < 1.29 is 20.1 Å². The Hall–Kier alpha value is -1.61. The zero-order valence-electron chi connectivity index (χ0n) is 11.9. The van der Waals surface area contributed by atoms with Gasteiger partial charge in [0.25, 0.3) is 5.79 Å². The molecule has 0 bridgehead atoms. The van der Waals surface area contributed by atoms with E-state index in [1.807, 2.05) is 0 Å². The molecule has 1 aromatic carbocycles. The van der Waals surface area contributed by atoms with Crippen LogP contribution in [-0.2, 0) is 0 Å². The first-order chi connectivity index (χ1) is 10.0. The molecule has 0 aromatic heterocycles. The van der Waals surface area contributed by atoms with Gasteiger partial charge in [0.1, 0.15) is 17.9 Å². The van der Waals surface area contributed by atoms with Crippen molar-refractivity contribution in [3.63, 3.8) is 0 Å². The first kappa shape index (κ1) is 15.8. The summed E-state index contributed by atoms with van der Waals surface area (Å²) < 4.78 is 5.73. The molecule has 21 heavy (non-hydrogen) atoms. The van der Waals surface area contributed by atoms with Crippen molar-refractivity contribution in [2.45, 2.75) is 44.0 Å². The van der Waals surface area contributed by atoms with Crippen LogP contribution in [0.15, 0.2) is 24.3 Å². The van der Waals surface area contributed by atoms with Gasteiger partial charge < -0.3 is 20.1 Å². The van der Waals surface area contributed by atoms with Gasteiger partial charge in [-0.25, -0.2) is 0 Å². The molecule has 1 saturated carbocycles. The Morgan fingerprint density at radius 3 is 2.67 bits per heavy atom. The molecule has 0 aliphatic heterocycles. The minimum Gasteiger partial charge on any atom is -0.493 e. The molecular weight excluding hydrogens is 270 g/mol. The van der Waals surface area contributed by atoms with Crippen LogP contribution in [0, 0.1) is 17.2 Å². The molecule has 1 fully saturated rings. The SMILES string of the molecule is N#CC(O)(O)C(O)c1cccc(OCC2CCCCC2)c1. The van der Waals surface area contributed by atoms with E-state index in [4.69, 9.17) is 10.00 Å². The molecule has 0 saturated heterocycles. The molecule has 0 radical (unpaired) electrons. The second-order valence-corrected chi connectivity index (χ2v) is 5.63. The molecule has 0 heterocycles. The van der Waals surface area contributed by atoms with Crippen molar-refractivity contribution in [3.05, 3.63) is 29.8 Å². The lowest BCUT2D eigenvalue weighted by molar-refractivity contribution is -0.185. The molecule has 2 rings (SSSR count). The molecule has 1 atom stereocenters. The Balaban J connectivity index is 1.99. The Morgan fingerprint density at radius 2 is 2.00 bits per heavy atom. The maximum atomic E-state index is 9.81. The number of ether oxygens (including phenoxy) is 1. The molecule has 0 spiro atoms. The van der Waals surface area contributed by atoms with Gasteiger partial charge >= 0.3 is 0 Å². The van der Waals surface area contributed by atoms with Crippen molar-refractivity contribution in [3.8, 4) is 11.8 Å². The average Bonchev–Trinajstić information content (AvgIpc) is 2.53. The zero-order valence-corrected chi connectivity index (χ0v) is 11.9. The number of aliphatic hydroxyl groups is 3. The standard InChI is InChI=1S/C16H21NO4/c17-11-16(19,20)15(18)13-7-4-8-14(9-13)21-10-12-5-2-1-3-6-12/h4,7-9,12,15,18-20H,1-3,5-6,10H2. The van der Waals surface area contributed by atoms with E-state index in [0.717, 1.165) is 0 Å². The van der Waals surface area contributed by atoms with E-state index in [9.17, 15) is 15.3 Å². The molecule has 114 valence electrons. The van der Waals surface area contributed by atoms with E-state index in [1.165, 1.54) is 50.3 Å². The summed E-state index contributed by atoms with van der Waals surface area (Å²) in [5, 5.41) is 37.2. The van der Waals surface area contributed by atoms with E-state index in [0.29, 0.717) is 18.3 Å². The van der Waals surface area contributed by atoms with Gasteiger partial charge in [0, 0.05) is 0 Å². The number of rotatable bonds is 5. The molecule has 5 nitrogen and oxygen atoms in total. The van der Waals surface area contributed by atoms with Crippen LogP contribution in [0.25, 0.3) is 0 Å². The van der Waals surface area contributed by atoms with Gasteiger partial charge in [-0.3, -0.25) is 0 Å². The van der Waals surface area contributed by atoms with Crippen molar-refractivity contribution >= 4 is 0 Å². The topological polar surface area (TPSA) is 93.7 Å². The zero-order chi connectivity index (χ0) is 15.3. The third kappa shape index (κ3) is 4.18. The number of benzene rings is 1. The number of hydrogen-bond donors (Lipinski definition) is 3. The molecular formula is C16H21NO4. The fourth-order valence-corrected chi connectivity index (χ4v) is 2.64. The monoisotopic (exact) mass is 291 g/mol. The van der Waals surface area contributed by atoms with Gasteiger partial charge in [0.15, 0.2) is 0 Å². The highest BCUT2D eigenvalue weighted by Gasteiger charge is 2.34. The maximum absolute atomic E-state index is 9.81. The lowest BCUT2D eigenvalue weighted by Gasteiger charge is -2.23. The van der Waals surface area contributed by atoms with Crippen LogP contribution in [-0.4, -0.2) is 27.7 Å². The van der Waals surface area contributed by atoms with Crippen molar-refractivity contribution in [1.82, 2.24) is 0 Å². The smallest absolute Gasteiger partial charge is 0.285 e. The van der Waals surface area contributed by atoms with Crippen LogP contribution < -0.4 is 4.74 Å². The van der Waals surface area contributed by atoms with Gasteiger partial charge in [-0.15, -0.1) is 0 Å². The first-order valence-corrected chi connectivity index (χ1v) is 7.30. The fraction of sp³-hybridized carbons (Fsp3) is 0.562. The number of hydrogen-bond acceptors (Lipinski definition) is 5. The number of aliphatic hydroxyl groups excluding tert-OH is 1. The number of nitriles is 1. The van der Waals surface area contributed by atoms with E-state index in [2.05, 4.69) is 0 Å². The van der Waals surface area contributed by atoms with Crippen LogP contribution in [0.5, 0.6) is 5.75 Å². The molecule has 1 aliphatic carbocycles. The lowest BCUT2D eigenvalue weighted by Crippen LogP contribution is -2.34. The summed E-state index contributed by atoms with van der Waals surface area (Å²) >= 11 is 0. The summed E-state index contributed by atoms with van der Waals surface area (Å²) in [6.07, 6.45) is 4.43. The minimum atomic E-state index is -2.80. The molecule has 1 aliphatic rings. The van der Waals surface area contributed by atoms with Crippen molar-refractivity contribution in [2.24, 2.45) is 5.92 Å². The first-order valence-electron chi connectivity index (χ1n) is 7.30. The predicted octanol–water partition coefficient (Wildman–Crippen LogP) is 1.88. The normalized spacial score (nSPS) is 18.0. The molecule has 3 N–H and O–H groups in total. The molecule has 1 aromatic rings. The van der Waals surface area contributed by atoms with Gasteiger partial charge in [-0.1, -0.05) is 31.4 Å². The van der Waals surface area contributed by atoms with Gasteiger partial charge in [-0.2, -0.15) is 5.26 Å². The third-order valence-corrected chi connectivity index (χ3v) is 3.93. The second kappa shape index (κ2) is 6.90. The van der Waals surface area contributed by atoms with Crippen molar-refractivity contribution in [2.75, 3.05) is 6.61 Å². The number of nitrogens with zero attached hydrogens (tertiary/aromatic N) is 1. The summed E-state index contributed by atoms with van der Waals surface area (Å²) in [5.74, 6) is -1.69. The van der Waals surface area contributed by atoms with Gasteiger partial charge in [0.05, 0.1) is 6.61 Å². The van der Waals surface area contributed by atoms with Crippen LogP contribution in [0.2, 0.25) is 0 Å². The quantitative estimate of drug-likeness (QED) is 0.569. The molecule has 5 heteroatoms. The van der Waals surface area contributed by atoms with Gasteiger partial charge in [0.2, 0.25) is 0 Å². The summed E-state index contributed by atoms with van der Waals surface area (Å²) in [7, 11) is 0. The van der Waals surface area contributed by atoms with Gasteiger partial charge in [-0.05, 0) is 36.5 Å².